The number of hydrogen-bond acceptors (Lipinski definition) is 2. The van der Waals surface area contributed by atoms with E-state index >= 15 is 0 Å². The van der Waals surface area contributed by atoms with Crippen molar-refractivity contribution in [1.82, 2.24) is 5.43 Å². The van der Waals surface area contributed by atoms with Crippen molar-refractivity contribution in [2.45, 2.75) is 12.2 Å². The van der Waals surface area contributed by atoms with Gasteiger partial charge in [0.1, 0.15) is 0 Å². The number of hydrogen-bond donors (Lipinski definition) is 2. The summed E-state index contributed by atoms with van der Waals surface area (Å²) < 4.78 is 37.5. The number of nitrogens with two attached hydrogens (primary N) is 1. The van der Waals surface area contributed by atoms with E-state index in [4.69, 9.17) is 5.84 Å². The van der Waals surface area contributed by atoms with Crippen LogP contribution in [0.2, 0.25) is 0 Å². The van der Waals surface area contributed by atoms with Crippen LogP contribution in [0.25, 0.3) is 0 Å². The molecular formula is C14H13F3N2. The van der Waals surface area contributed by atoms with Crippen molar-refractivity contribution in [2.24, 2.45) is 5.84 Å². The maximum atomic E-state index is 12.5. The molecule has 2 aromatic carbocycles. The molecule has 3 N–H and O–H groups in total. The van der Waals surface area contributed by atoms with Crippen molar-refractivity contribution >= 4 is 0 Å². The molecule has 1 atom stereocenters. The Hall–Kier alpha value is -1.85. The van der Waals surface area contributed by atoms with E-state index in [1.54, 1.807) is 0 Å². The highest BCUT2D eigenvalue weighted by molar-refractivity contribution is 5.34. The Balaban J connectivity index is 2.30. The van der Waals surface area contributed by atoms with Gasteiger partial charge in [0.15, 0.2) is 0 Å². The molecule has 19 heavy (non-hydrogen) atoms. The molecule has 2 nitrogen and oxygen atoms in total. The smallest absolute Gasteiger partial charge is 0.271 e. The summed E-state index contributed by atoms with van der Waals surface area (Å²) in [5, 5.41) is 0. The first kappa shape index (κ1) is 13.6. The molecule has 0 spiro atoms. The van der Waals surface area contributed by atoms with Crippen molar-refractivity contribution in [2.75, 3.05) is 0 Å². The van der Waals surface area contributed by atoms with Gasteiger partial charge < -0.3 is 0 Å². The number of nitrogens with one attached hydrogen (secondary N) is 1. The first-order chi connectivity index (χ1) is 9.02. The average Bonchev–Trinajstić information content (AvgIpc) is 2.40. The third-order valence-corrected chi connectivity index (χ3v) is 2.87. The van der Waals surface area contributed by atoms with Gasteiger partial charge in [-0.1, -0.05) is 42.5 Å². The Kier molecular flexibility index (Phi) is 3.87. The number of hydrazine groups is 1. The highest BCUT2D eigenvalue weighted by Gasteiger charge is 2.30. The lowest BCUT2D eigenvalue weighted by atomic mass is 9.98. The predicted octanol–water partition coefficient (Wildman–Crippen LogP) is 3.26. The molecule has 0 aliphatic rings. The zero-order valence-corrected chi connectivity index (χ0v) is 9.98. The lowest BCUT2D eigenvalue weighted by Gasteiger charge is -2.17. The molecule has 0 aromatic heterocycles. The van der Waals surface area contributed by atoms with E-state index in [0.29, 0.717) is 5.56 Å². The van der Waals surface area contributed by atoms with Crippen molar-refractivity contribution < 1.29 is 13.2 Å². The van der Waals surface area contributed by atoms with Gasteiger partial charge in [-0.2, -0.15) is 13.2 Å². The van der Waals surface area contributed by atoms with E-state index in [1.807, 2.05) is 30.3 Å². The lowest BCUT2D eigenvalue weighted by molar-refractivity contribution is -0.137. The Morgan fingerprint density at radius 2 is 1.37 bits per heavy atom. The van der Waals surface area contributed by atoms with Crippen LogP contribution >= 0.6 is 0 Å². The van der Waals surface area contributed by atoms with Gasteiger partial charge in [0, 0.05) is 0 Å². The van der Waals surface area contributed by atoms with Crippen LogP contribution in [0.5, 0.6) is 0 Å². The number of alkyl halides is 3. The van der Waals surface area contributed by atoms with Crippen molar-refractivity contribution in [3.8, 4) is 0 Å². The summed E-state index contributed by atoms with van der Waals surface area (Å²) in [4.78, 5) is 0. The monoisotopic (exact) mass is 266 g/mol. The summed E-state index contributed by atoms with van der Waals surface area (Å²) >= 11 is 0. The second-order valence-corrected chi connectivity index (χ2v) is 4.13. The minimum Gasteiger partial charge on any atom is -0.271 e. The van der Waals surface area contributed by atoms with Gasteiger partial charge >= 0.3 is 6.18 Å². The molecule has 0 aliphatic heterocycles. The molecule has 2 rings (SSSR count). The SMILES string of the molecule is NN[C@H](c1ccccc1)c1ccc(C(F)(F)F)cc1. The van der Waals surface area contributed by atoms with Gasteiger partial charge in [-0.05, 0) is 23.3 Å². The van der Waals surface area contributed by atoms with E-state index in [-0.39, 0.29) is 6.04 Å². The van der Waals surface area contributed by atoms with Crippen molar-refractivity contribution in [1.29, 1.82) is 0 Å². The topological polar surface area (TPSA) is 38.0 Å². The van der Waals surface area contributed by atoms with E-state index in [1.165, 1.54) is 12.1 Å². The molecular weight excluding hydrogens is 253 g/mol. The standard InChI is InChI=1S/C14H13F3N2/c15-14(16,17)12-8-6-11(7-9-12)13(19-18)10-4-2-1-3-5-10/h1-9,13,19H,18H2/t13-/m1/s1. The van der Waals surface area contributed by atoms with Crippen LogP contribution in [0.4, 0.5) is 13.2 Å². The molecule has 0 saturated heterocycles. The molecule has 5 heteroatoms. The van der Waals surface area contributed by atoms with Crippen LogP contribution in [0, 0.1) is 0 Å². The lowest BCUT2D eigenvalue weighted by Crippen LogP contribution is -2.28. The van der Waals surface area contributed by atoms with Crippen LogP contribution in [-0.4, -0.2) is 0 Å². The minimum atomic E-state index is -4.32. The number of halogens is 3. The number of benzene rings is 2. The molecule has 0 aliphatic carbocycles. The molecule has 0 saturated carbocycles. The van der Waals surface area contributed by atoms with E-state index in [9.17, 15) is 13.2 Å². The fourth-order valence-electron chi connectivity index (χ4n) is 1.89. The van der Waals surface area contributed by atoms with Crippen LogP contribution < -0.4 is 11.3 Å². The summed E-state index contributed by atoms with van der Waals surface area (Å²) in [7, 11) is 0. The number of rotatable bonds is 3. The van der Waals surface area contributed by atoms with Gasteiger partial charge in [-0.3, -0.25) is 5.84 Å². The van der Waals surface area contributed by atoms with Gasteiger partial charge in [0.05, 0.1) is 11.6 Å². The van der Waals surface area contributed by atoms with E-state index in [0.717, 1.165) is 17.7 Å². The third kappa shape index (κ3) is 3.13. The second-order valence-electron chi connectivity index (χ2n) is 4.13. The van der Waals surface area contributed by atoms with Crippen LogP contribution in [0.3, 0.4) is 0 Å². The van der Waals surface area contributed by atoms with Crippen molar-refractivity contribution in [3.05, 3.63) is 71.3 Å². The quantitative estimate of drug-likeness (QED) is 0.661. The van der Waals surface area contributed by atoms with Crippen LogP contribution in [0.15, 0.2) is 54.6 Å². The van der Waals surface area contributed by atoms with E-state index < -0.39 is 11.7 Å². The Labute approximate surface area is 109 Å². The fourth-order valence-corrected chi connectivity index (χ4v) is 1.89. The van der Waals surface area contributed by atoms with Crippen molar-refractivity contribution in [3.63, 3.8) is 0 Å². The molecule has 0 fully saturated rings. The molecule has 0 amide bonds. The van der Waals surface area contributed by atoms with Gasteiger partial charge in [-0.15, -0.1) is 0 Å². The average molecular weight is 266 g/mol. The maximum Gasteiger partial charge on any atom is 0.416 e. The highest BCUT2D eigenvalue weighted by atomic mass is 19.4. The largest absolute Gasteiger partial charge is 0.416 e. The summed E-state index contributed by atoms with van der Waals surface area (Å²) in [6, 6.07) is 13.9. The Bertz CT molecular complexity index is 521. The fraction of sp³-hybridized carbons (Fsp3) is 0.143. The Morgan fingerprint density at radius 3 is 1.84 bits per heavy atom. The summed E-state index contributed by atoms with van der Waals surface area (Å²) in [5.41, 5.74) is 3.52. The molecule has 0 heterocycles. The van der Waals surface area contributed by atoms with Crippen LogP contribution in [-0.2, 0) is 6.18 Å². The highest BCUT2D eigenvalue weighted by Crippen LogP contribution is 2.30. The molecule has 0 radical (unpaired) electrons. The molecule has 0 unspecified atom stereocenters. The van der Waals surface area contributed by atoms with Gasteiger partial charge in [0.25, 0.3) is 0 Å². The zero-order chi connectivity index (χ0) is 13.9. The minimum absolute atomic E-state index is 0.330. The first-order valence-corrected chi connectivity index (χ1v) is 5.70. The summed E-state index contributed by atoms with van der Waals surface area (Å²) in [6.45, 7) is 0. The first-order valence-electron chi connectivity index (χ1n) is 5.70. The summed E-state index contributed by atoms with van der Waals surface area (Å²) in [6.07, 6.45) is -4.32. The normalized spacial score (nSPS) is 13.3. The third-order valence-electron chi connectivity index (χ3n) is 2.87. The zero-order valence-electron chi connectivity index (χ0n) is 9.98. The Morgan fingerprint density at radius 1 is 0.842 bits per heavy atom. The van der Waals surface area contributed by atoms with Gasteiger partial charge in [-0.25, -0.2) is 5.43 Å². The predicted molar refractivity (Wildman–Crippen MR) is 67.1 cm³/mol. The molecule has 100 valence electrons. The van der Waals surface area contributed by atoms with Crippen LogP contribution in [0.1, 0.15) is 22.7 Å². The summed E-state index contributed by atoms with van der Waals surface area (Å²) in [5.74, 6) is 5.49. The van der Waals surface area contributed by atoms with Gasteiger partial charge in [0.2, 0.25) is 0 Å². The van der Waals surface area contributed by atoms with E-state index in [2.05, 4.69) is 5.43 Å². The molecule has 2 aromatic rings. The maximum absolute atomic E-state index is 12.5. The second kappa shape index (κ2) is 5.42. The molecule has 0 bridgehead atoms.